The number of hydrogen-bond donors (Lipinski definition) is 2. The third-order valence-corrected chi connectivity index (χ3v) is 8.66. The molecule has 0 atom stereocenters. The number of pyridine rings is 1. The van der Waals surface area contributed by atoms with Crippen LogP contribution >= 0.6 is 0 Å². The standard InChI is InChI=1S/C34H43N3O4/c1-3-4-15-35-34(40)26-13-16-37(17-14-26)31-19-28-27(12-11-23-5-9-25(22-38)10-6-23)29(32(39)18-24-7-8-24)21-36-30(28)20-33(31)41-2/h5-6,9-10,19-21,24,26,38H,3-4,7-8,11-18,22H2,1-2H3,(H,35,40). The van der Waals surface area contributed by atoms with Gasteiger partial charge in [-0.25, -0.2) is 0 Å². The second-order valence-corrected chi connectivity index (χ2v) is 11.6. The number of hydrogen-bond acceptors (Lipinski definition) is 6. The van der Waals surface area contributed by atoms with Crippen LogP contribution in [-0.2, 0) is 24.2 Å². The molecule has 0 unspecified atom stereocenters. The van der Waals surface area contributed by atoms with Crippen LogP contribution in [0.15, 0.2) is 42.6 Å². The molecule has 2 aliphatic rings. The molecule has 0 spiro atoms. The Morgan fingerprint density at radius 1 is 1.05 bits per heavy atom. The maximum Gasteiger partial charge on any atom is 0.223 e. The number of aryl methyl sites for hydroxylation is 2. The summed E-state index contributed by atoms with van der Waals surface area (Å²) in [4.78, 5) is 33.1. The lowest BCUT2D eigenvalue weighted by Crippen LogP contribution is -2.41. The number of methoxy groups -OCH3 is 1. The van der Waals surface area contributed by atoms with Gasteiger partial charge in [0, 0.05) is 55.2 Å². The summed E-state index contributed by atoms with van der Waals surface area (Å²) in [5.74, 6) is 1.65. The molecule has 1 saturated carbocycles. The van der Waals surface area contributed by atoms with Crippen molar-refractivity contribution >= 4 is 28.3 Å². The highest BCUT2D eigenvalue weighted by molar-refractivity contribution is 6.02. The SMILES string of the molecule is CCCCNC(=O)C1CCN(c2cc3c(CCc4ccc(CO)cc4)c(C(=O)CC4CC4)cnc3cc2OC)CC1. The molecular formula is C34H43N3O4. The molecule has 1 aliphatic heterocycles. The number of rotatable bonds is 13. The minimum Gasteiger partial charge on any atom is -0.495 e. The Kier molecular flexibility index (Phi) is 9.55. The van der Waals surface area contributed by atoms with Gasteiger partial charge in [-0.3, -0.25) is 14.6 Å². The van der Waals surface area contributed by atoms with E-state index < -0.39 is 0 Å². The van der Waals surface area contributed by atoms with Crippen LogP contribution in [0.4, 0.5) is 5.69 Å². The highest BCUT2D eigenvalue weighted by Gasteiger charge is 2.29. The number of anilines is 1. The lowest BCUT2D eigenvalue weighted by Gasteiger charge is -2.34. The molecule has 0 bridgehead atoms. The number of aliphatic hydroxyl groups excluding tert-OH is 1. The first kappa shape index (κ1) is 29.1. The van der Waals surface area contributed by atoms with Crippen LogP contribution < -0.4 is 15.0 Å². The van der Waals surface area contributed by atoms with Crippen molar-refractivity contribution in [2.24, 2.45) is 11.8 Å². The van der Waals surface area contributed by atoms with E-state index in [0.717, 1.165) is 110 Å². The fourth-order valence-electron chi connectivity index (χ4n) is 5.87. The van der Waals surface area contributed by atoms with Crippen LogP contribution in [0, 0.1) is 11.8 Å². The third kappa shape index (κ3) is 7.07. The van der Waals surface area contributed by atoms with Crippen LogP contribution in [0.1, 0.15) is 78.9 Å². The van der Waals surface area contributed by atoms with Gasteiger partial charge in [-0.1, -0.05) is 37.6 Å². The fourth-order valence-corrected chi connectivity index (χ4v) is 5.87. The number of amides is 1. The molecule has 1 amide bonds. The molecule has 0 radical (unpaired) electrons. The summed E-state index contributed by atoms with van der Waals surface area (Å²) in [6.07, 6.45) is 9.79. The van der Waals surface area contributed by atoms with E-state index in [4.69, 9.17) is 9.72 Å². The molecule has 41 heavy (non-hydrogen) atoms. The number of carbonyl (C=O) groups excluding carboxylic acids is 2. The number of aliphatic hydroxyl groups is 1. The Hall–Kier alpha value is -3.45. The van der Waals surface area contributed by atoms with E-state index in [1.54, 1.807) is 13.3 Å². The second-order valence-electron chi connectivity index (χ2n) is 11.6. The molecule has 1 saturated heterocycles. The number of Topliss-reactive ketones (excluding diaryl/α,β-unsaturated/α-hetero) is 1. The van der Waals surface area contributed by atoms with E-state index >= 15 is 0 Å². The lowest BCUT2D eigenvalue weighted by molar-refractivity contribution is -0.125. The highest BCUT2D eigenvalue weighted by atomic mass is 16.5. The van der Waals surface area contributed by atoms with Gasteiger partial charge in [0.25, 0.3) is 0 Å². The molecule has 7 nitrogen and oxygen atoms in total. The van der Waals surface area contributed by atoms with Gasteiger partial charge in [-0.05, 0) is 73.6 Å². The van der Waals surface area contributed by atoms with Gasteiger partial charge >= 0.3 is 0 Å². The lowest BCUT2D eigenvalue weighted by atomic mass is 9.92. The molecule has 2 heterocycles. The number of carbonyl (C=O) groups is 2. The highest BCUT2D eigenvalue weighted by Crippen LogP contribution is 2.38. The van der Waals surface area contributed by atoms with Crippen LogP contribution in [0.2, 0.25) is 0 Å². The van der Waals surface area contributed by atoms with Crippen LogP contribution in [0.25, 0.3) is 10.9 Å². The van der Waals surface area contributed by atoms with Crippen molar-refractivity contribution in [3.63, 3.8) is 0 Å². The maximum atomic E-state index is 13.4. The van der Waals surface area contributed by atoms with E-state index in [-0.39, 0.29) is 24.2 Å². The van der Waals surface area contributed by atoms with Gasteiger partial charge in [0.05, 0.1) is 24.9 Å². The number of fused-ring (bicyclic) bond motifs is 1. The Bertz CT molecular complexity index is 1360. The Morgan fingerprint density at radius 3 is 2.44 bits per heavy atom. The van der Waals surface area contributed by atoms with Crippen molar-refractivity contribution < 1.29 is 19.4 Å². The van der Waals surface area contributed by atoms with Crippen molar-refractivity contribution in [2.45, 2.75) is 71.3 Å². The summed E-state index contributed by atoms with van der Waals surface area (Å²) in [5, 5.41) is 13.5. The smallest absolute Gasteiger partial charge is 0.223 e. The zero-order chi connectivity index (χ0) is 28.8. The fraction of sp³-hybridized carbons (Fsp3) is 0.500. The summed E-state index contributed by atoms with van der Waals surface area (Å²) in [6.45, 7) is 4.45. The number of ketones is 1. The summed E-state index contributed by atoms with van der Waals surface area (Å²) < 4.78 is 5.83. The molecule has 7 heteroatoms. The van der Waals surface area contributed by atoms with E-state index in [9.17, 15) is 14.7 Å². The Morgan fingerprint density at radius 2 is 1.78 bits per heavy atom. The molecule has 218 valence electrons. The van der Waals surface area contributed by atoms with E-state index in [1.165, 1.54) is 5.56 Å². The summed E-state index contributed by atoms with van der Waals surface area (Å²) in [7, 11) is 1.68. The van der Waals surface area contributed by atoms with Gasteiger partial charge in [0.1, 0.15) is 5.75 Å². The van der Waals surface area contributed by atoms with Crippen molar-refractivity contribution in [3.05, 3.63) is 64.8 Å². The molecule has 2 fully saturated rings. The van der Waals surface area contributed by atoms with E-state index in [0.29, 0.717) is 12.3 Å². The molecule has 3 aromatic rings. The van der Waals surface area contributed by atoms with Crippen molar-refractivity contribution in [1.29, 1.82) is 0 Å². The summed E-state index contributed by atoms with van der Waals surface area (Å²) in [6, 6.07) is 12.2. The molecule has 2 aromatic carbocycles. The molecule has 2 N–H and O–H groups in total. The van der Waals surface area contributed by atoms with E-state index in [2.05, 4.69) is 35.3 Å². The summed E-state index contributed by atoms with van der Waals surface area (Å²) >= 11 is 0. The molecule has 5 rings (SSSR count). The number of benzene rings is 2. The first-order chi connectivity index (χ1) is 20.0. The predicted octanol–water partition coefficient (Wildman–Crippen LogP) is 5.64. The summed E-state index contributed by atoms with van der Waals surface area (Å²) in [5.41, 5.74) is 5.65. The number of unbranched alkanes of at least 4 members (excludes halogenated alkanes) is 1. The van der Waals surface area contributed by atoms with Gasteiger partial charge in [0.15, 0.2) is 5.78 Å². The number of piperidine rings is 1. The Labute approximate surface area is 243 Å². The van der Waals surface area contributed by atoms with Crippen LogP contribution in [0.3, 0.4) is 0 Å². The average molecular weight is 558 g/mol. The van der Waals surface area contributed by atoms with Crippen molar-refractivity contribution in [1.82, 2.24) is 10.3 Å². The quantitative estimate of drug-likeness (QED) is 0.209. The first-order valence-corrected chi connectivity index (χ1v) is 15.2. The van der Waals surface area contributed by atoms with E-state index in [1.807, 2.05) is 18.2 Å². The van der Waals surface area contributed by atoms with Crippen LogP contribution in [-0.4, -0.2) is 48.5 Å². The normalized spacial score (nSPS) is 15.7. The number of ether oxygens (including phenoxy) is 1. The van der Waals surface area contributed by atoms with Crippen molar-refractivity contribution in [3.8, 4) is 5.75 Å². The molecular weight excluding hydrogens is 514 g/mol. The molecule has 1 aliphatic carbocycles. The van der Waals surface area contributed by atoms with Gasteiger partial charge < -0.3 is 20.1 Å². The monoisotopic (exact) mass is 557 g/mol. The zero-order valence-corrected chi connectivity index (χ0v) is 24.5. The van der Waals surface area contributed by atoms with Gasteiger partial charge in [-0.2, -0.15) is 0 Å². The number of nitrogens with one attached hydrogen (secondary N) is 1. The predicted molar refractivity (Wildman–Crippen MR) is 163 cm³/mol. The number of aromatic nitrogens is 1. The second kappa shape index (κ2) is 13.5. The van der Waals surface area contributed by atoms with Gasteiger partial charge in [-0.15, -0.1) is 0 Å². The molecule has 1 aromatic heterocycles. The Balaban J connectivity index is 1.43. The number of nitrogens with zero attached hydrogens (tertiary/aromatic N) is 2. The zero-order valence-electron chi connectivity index (χ0n) is 24.5. The first-order valence-electron chi connectivity index (χ1n) is 15.2. The maximum absolute atomic E-state index is 13.4. The minimum absolute atomic E-state index is 0.0282. The third-order valence-electron chi connectivity index (χ3n) is 8.66. The largest absolute Gasteiger partial charge is 0.495 e. The topological polar surface area (TPSA) is 91.8 Å². The van der Waals surface area contributed by atoms with Crippen LogP contribution in [0.5, 0.6) is 5.75 Å². The van der Waals surface area contributed by atoms with Crippen molar-refractivity contribution in [2.75, 3.05) is 31.6 Å². The van der Waals surface area contributed by atoms with Gasteiger partial charge in [0.2, 0.25) is 5.91 Å². The average Bonchev–Trinajstić information content (AvgIpc) is 3.83. The minimum atomic E-state index is 0.0282.